The molecule has 0 amide bonds. The molecule has 0 bridgehead atoms. The minimum Gasteiger partial charge on any atom is -0.405 e. The molecule has 0 fully saturated rings. The van der Waals surface area contributed by atoms with E-state index in [1.54, 1.807) is 6.08 Å². The molecule has 1 aromatic rings. The molecule has 3 heteroatoms. The third-order valence-corrected chi connectivity index (χ3v) is 1.41. The van der Waals surface area contributed by atoms with Crippen LogP contribution in [0.15, 0.2) is 18.5 Å². The number of hydrogen-bond donors (Lipinski definition) is 2. The lowest BCUT2D eigenvalue weighted by Gasteiger charge is -1.96. The molecule has 0 aliphatic heterocycles. The summed E-state index contributed by atoms with van der Waals surface area (Å²) < 4.78 is 1.92. The maximum atomic E-state index is 5.60. The SMILES string of the molecule is Cn1ccc(N)c1/C=C\N. The maximum Gasteiger partial charge on any atom is 0.0652 e. The Bertz CT molecular complexity index is 228. The molecule has 0 aliphatic carbocycles. The molecule has 3 nitrogen and oxygen atoms in total. The highest BCUT2D eigenvalue weighted by atomic mass is 14.9. The Hall–Kier alpha value is -1.38. The van der Waals surface area contributed by atoms with Crippen LogP contribution in [-0.4, -0.2) is 4.57 Å². The average Bonchev–Trinajstić information content (AvgIpc) is 2.20. The van der Waals surface area contributed by atoms with Gasteiger partial charge in [0, 0.05) is 13.2 Å². The number of rotatable bonds is 1. The predicted octanol–water partition coefficient (Wildman–Crippen LogP) is 0.537. The van der Waals surface area contributed by atoms with Crippen molar-refractivity contribution < 1.29 is 0 Å². The van der Waals surface area contributed by atoms with E-state index in [1.807, 2.05) is 23.9 Å². The van der Waals surface area contributed by atoms with Crippen LogP contribution in [0, 0.1) is 0 Å². The highest BCUT2D eigenvalue weighted by Crippen LogP contribution is 2.12. The third-order valence-electron chi connectivity index (χ3n) is 1.41. The molecule has 10 heavy (non-hydrogen) atoms. The zero-order chi connectivity index (χ0) is 7.56. The molecular weight excluding hydrogens is 126 g/mol. The van der Waals surface area contributed by atoms with E-state index in [4.69, 9.17) is 11.5 Å². The molecule has 1 rings (SSSR count). The maximum absolute atomic E-state index is 5.60. The second-order valence-electron chi connectivity index (χ2n) is 2.13. The average molecular weight is 137 g/mol. The Morgan fingerprint density at radius 1 is 1.60 bits per heavy atom. The summed E-state index contributed by atoms with van der Waals surface area (Å²) in [5.74, 6) is 0. The zero-order valence-corrected chi connectivity index (χ0v) is 5.91. The fraction of sp³-hybridized carbons (Fsp3) is 0.143. The van der Waals surface area contributed by atoms with Gasteiger partial charge in [-0.05, 0) is 18.3 Å². The van der Waals surface area contributed by atoms with Crippen molar-refractivity contribution in [3.8, 4) is 0 Å². The van der Waals surface area contributed by atoms with E-state index in [0.717, 1.165) is 11.4 Å². The van der Waals surface area contributed by atoms with Gasteiger partial charge in [0.25, 0.3) is 0 Å². The fourth-order valence-corrected chi connectivity index (χ4v) is 0.866. The lowest BCUT2D eigenvalue weighted by molar-refractivity contribution is 0.916. The van der Waals surface area contributed by atoms with Gasteiger partial charge in [-0.25, -0.2) is 0 Å². The largest absolute Gasteiger partial charge is 0.405 e. The first-order chi connectivity index (χ1) is 4.75. The summed E-state index contributed by atoms with van der Waals surface area (Å²) in [6.45, 7) is 0. The molecule has 0 saturated carbocycles. The molecule has 0 aromatic carbocycles. The van der Waals surface area contributed by atoms with Gasteiger partial charge in [0.05, 0.1) is 11.4 Å². The van der Waals surface area contributed by atoms with Crippen LogP contribution in [0.2, 0.25) is 0 Å². The quantitative estimate of drug-likeness (QED) is 0.593. The molecule has 0 radical (unpaired) electrons. The van der Waals surface area contributed by atoms with Gasteiger partial charge in [-0.15, -0.1) is 0 Å². The van der Waals surface area contributed by atoms with E-state index in [-0.39, 0.29) is 0 Å². The molecule has 54 valence electrons. The van der Waals surface area contributed by atoms with Gasteiger partial charge in [-0.2, -0.15) is 0 Å². The molecule has 0 saturated heterocycles. The van der Waals surface area contributed by atoms with Crippen LogP contribution in [0.5, 0.6) is 0 Å². The van der Waals surface area contributed by atoms with Crippen LogP contribution in [-0.2, 0) is 7.05 Å². The number of aromatic nitrogens is 1. The Labute approximate surface area is 59.9 Å². The Kier molecular flexibility index (Phi) is 1.67. The molecule has 0 unspecified atom stereocenters. The van der Waals surface area contributed by atoms with Crippen LogP contribution < -0.4 is 11.5 Å². The van der Waals surface area contributed by atoms with E-state index in [2.05, 4.69) is 0 Å². The first kappa shape index (κ1) is 6.74. The second kappa shape index (κ2) is 2.47. The Balaban J connectivity index is 3.10. The minimum absolute atomic E-state index is 0.754. The summed E-state index contributed by atoms with van der Waals surface area (Å²) in [5.41, 5.74) is 12.5. The first-order valence-corrected chi connectivity index (χ1v) is 3.05. The Morgan fingerprint density at radius 2 is 2.30 bits per heavy atom. The molecule has 0 aliphatic rings. The van der Waals surface area contributed by atoms with Crippen LogP contribution >= 0.6 is 0 Å². The van der Waals surface area contributed by atoms with Crippen molar-refractivity contribution in [3.05, 3.63) is 24.2 Å². The van der Waals surface area contributed by atoms with Crippen molar-refractivity contribution in [2.24, 2.45) is 12.8 Å². The molecule has 1 heterocycles. The summed E-state index contributed by atoms with van der Waals surface area (Å²) in [7, 11) is 1.92. The summed E-state index contributed by atoms with van der Waals surface area (Å²) in [5, 5.41) is 0. The number of nitrogens with zero attached hydrogens (tertiary/aromatic N) is 1. The van der Waals surface area contributed by atoms with Crippen molar-refractivity contribution in [2.45, 2.75) is 0 Å². The predicted molar refractivity (Wildman–Crippen MR) is 43.0 cm³/mol. The molecule has 0 spiro atoms. The molecule has 1 aromatic heterocycles. The van der Waals surface area contributed by atoms with Crippen molar-refractivity contribution in [1.29, 1.82) is 0 Å². The highest BCUT2D eigenvalue weighted by molar-refractivity contribution is 5.61. The van der Waals surface area contributed by atoms with Crippen molar-refractivity contribution >= 4 is 11.8 Å². The van der Waals surface area contributed by atoms with Gasteiger partial charge in [0.15, 0.2) is 0 Å². The van der Waals surface area contributed by atoms with Gasteiger partial charge in [-0.1, -0.05) is 0 Å². The van der Waals surface area contributed by atoms with Gasteiger partial charge in [0.1, 0.15) is 0 Å². The van der Waals surface area contributed by atoms with Crippen molar-refractivity contribution in [2.75, 3.05) is 5.73 Å². The van der Waals surface area contributed by atoms with Gasteiger partial charge in [0.2, 0.25) is 0 Å². The first-order valence-electron chi connectivity index (χ1n) is 3.05. The van der Waals surface area contributed by atoms with E-state index in [1.165, 1.54) is 6.20 Å². The lowest BCUT2D eigenvalue weighted by Crippen LogP contribution is -1.93. The number of hydrogen-bond acceptors (Lipinski definition) is 2. The smallest absolute Gasteiger partial charge is 0.0652 e. The van der Waals surface area contributed by atoms with Crippen LogP contribution in [0.4, 0.5) is 5.69 Å². The van der Waals surface area contributed by atoms with Crippen molar-refractivity contribution in [1.82, 2.24) is 4.57 Å². The summed E-state index contributed by atoms with van der Waals surface area (Å²) in [6, 6.07) is 1.84. The fourth-order valence-electron chi connectivity index (χ4n) is 0.866. The zero-order valence-electron chi connectivity index (χ0n) is 5.91. The van der Waals surface area contributed by atoms with Gasteiger partial charge in [-0.3, -0.25) is 0 Å². The molecule has 4 N–H and O–H groups in total. The minimum atomic E-state index is 0.754. The topological polar surface area (TPSA) is 57.0 Å². The summed E-state index contributed by atoms with van der Waals surface area (Å²) in [4.78, 5) is 0. The third kappa shape index (κ3) is 0.978. The Morgan fingerprint density at radius 3 is 2.70 bits per heavy atom. The van der Waals surface area contributed by atoms with Crippen LogP contribution in [0.1, 0.15) is 5.69 Å². The summed E-state index contributed by atoms with van der Waals surface area (Å²) >= 11 is 0. The van der Waals surface area contributed by atoms with Crippen molar-refractivity contribution in [3.63, 3.8) is 0 Å². The standard InChI is InChI=1S/C7H11N3/c1-10-5-3-6(9)7(10)2-4-8/h2-5H,8-9H2,1H3/b4-2-. The molecule has 0 atom stereocenters. The number of nitrogen functional groups attached to an aromatic ring is 1. The number of aryl methyl sites for hydroxylation is 1. The van der Waals surface area contributed by atoms with E-state index >= 15 is 0 Å². The highest BCUT2D eigenvalue weighted by Gasteiger charge is 1.96. The monoisotopic (exact) mass is 137 g/mol. The number of nitrogens with two attached hydrogens (primary N) is 2. The normalized spacial score (nSPS) is 10.9. The van der Waals surface area contributed by atoms with Gasteiger partial charge >= 0.3 is 0 Å². The van der Waals surface area contributed by atoms with Crippen LogP contribution in [0.25, 0.3) is 6.08 Å². The second-order valence-corrected chi connectivity index (χ2v) is 2.13. The van der Waals surface area contributed by atoms with E-state index < -0.39 is 0 Å². The molecular formula is C7H11N3. The number of anilines is 1. The van der Waals surface area contributed by atoms with E-state index in [9.17, 15) is 0 Å². The van der Waals surface area contributed by atoms with E-state index in [0.29, 0.717) is 0 Å². The lowest BCUT2D eigenvalue weighted by atomic mass is 10.3. The van der Waals surface area contributed by atoms with Crippen LogP contribution in [0.3, 0.4) is 0 Å². The van der Waals surface area contributed by atoms with Gasteiger partial charge < -0.3 is 16.0 Å². The summed E-state index contributed by atoms with van der Waals surface area (Å²) in [6.07, 6.45) is 5.14.